The molecule has 106 valence electrons. The van der Waals surface area contributed by atoms with Crippen LogP contribution in [0, 0.1) is 11.7 Å². The molecule has 1 amide bonds. The van der Waals surface area contributed by atoms with E-state index in [-0.39, 0.29) is 23.5 Å². The monoisotopic (exact) mass is 277 g/mol. The lowest BCUT2D eigenvalue weighted by atomic mass is 9.98. The molecule has 0 saturated carbocycles. The summed E-state index contributed by atoms with van der Waals surface area (Å²) in [5.41, 5.74) is 0.230. The van der Waals surface area contributed by atoms with Crippen molar-refractivity contribution < 1.29 is 18.7 Å². The molecule has 0 bridgehead atoms. The average Bonchev–Trinajstić information content (AvgIpc) is 2.49. The van der Waals surface area contributed by atoms with Crippen molar-refractivity contribution in [3.05, 3.63) is 35.8 Å². The molecule has 20 heavy (non-hydrogen) atoms. The summed E-state index contributed by atoms with van der Waals surface area (Å²) in [5.74, 6) is -0.0104. The summed E-state index contributed by atoms with van der Waals surface area (Å²) >= 11 is 0. The number of ether oxygens (including phenoxy) is 2. The molecule has 0 radical (unpaired) electrons. The predicted molar refractivity (Wildman–Crippen MR) is 71.4 cm³/mol. The zero-order valence-corrected chi connectivity index (χ0v) is 11.2. The highest BCUT2D eigenvalue weighted by atomic mass is 19.1. The van der Waals surface area contributed by atoms with E-state index in [0.717, 1.165) is 12.8 Å². The van der Waals surface area contributed by atoms with Gasteiger partial charge >= 0.3 is 6.09 Å². The predicted octanol–water partition coefficient (Wildman–Crippen LogP) is 3.38. The minimum absolute atomic E-state index is 0.215. The molecular formula is C15H16FNO3. The van der Waals surface area contributed by atoms with Crippen molar-refractivity contribution in [2.75, 3.05) is 6.54 Å². The number of benzene rings is 1. The molecule has 4 nitrogen and oxygen atoms in total. The third kappa shape index (κ3) is 2.24. The molecule has 5 heteroatoms. The highest BCUT2D eigenvalue weighted by Gasteiger charge is 2.35. The molecular weight excluding hydrogens is 261 g/mol. The van der Waals surface area contributed by atoms with Crippen LogP contribution in [-0.2, 0) is 4.74 Å². The van der Waals surface area contributed by atoms with Crippen LogP contribution in [0.2, 0.25) is 0 Å². The number of rotatable bonds is 0. The van der Waals surface area contributed by atoms with Gasteiger partial charge in [-0.3, -0.25) is 4.90 Å². The second-order valence-corrected chi connectivity index (χ2v) is 5.16. The fourth-order valence-corrected chi connectivity index (χ4v) is 2.67. The van der Waals surface area contributed by atoms with Crippen LogP contribution in [0.1, 0.15) is 25.3 Å². The SMILES string of the molecule is CC1CCCN2C(=O)Oc3cccc(F)c3/C=C\OC12. The molecule has 2 heterocycles. The van der Waals surface area contributed by atoms with Crippen LogP contribution >= 0.6 is 0 Å². The first-order valence-corrected chi connectivity index (χ1v) is 6.76. The van der Waals surface area contributed by atoms with E-state index in [1.165, 1.54) is 24.5 Å². The van der Waals surface area contributed by atoms with Crippen LogP contribution in [0.3, 0.4) is 0 Å². The van der Waals surface area contributed by atoms with Crippen molar-refractivity contribution >= 4 is 12.2 Å². The summed E-state index contributed by atoms with van der Waals surface area (Å²) < 4.78 is 24.8. The quantitative estimate of drug-likeness (QED) is 0.729. The fraction of sp³-hybridized carbons (Fsp3) is 0.400. The molecule has 2 unspecified atom stereocenters. The van der Waals surface area contributed by atoms with E-state index in [2.05, 4.69) is 0 Å². The van der Waals surface area contributed by atoms with Crippen molar-refractivity contribution in [1.29, 1.82) is 0 Å². The normalized spacial score (nSPS) is 27.1. The lowest BCUT2D eigenvalue weighted by Crippen LogP contribution is -2.49. The molecule has 0 spiro atoms. The molecule has 3 rings (SSSR count). The first-order valence-electron chi connectivity index (χ1n) is 6.76. The number of fused-ring (bicyclic) bond motifs is 2. The van der Waals surface area contributed by atoms with Gasteiger partial charge in [-0.15, -0.1) is 0 Å². The summed E-state index contributed by atoms with van der Waals surface area (Å²) in [6.45, 7) is 2.62. The number of amides is 1. The van der Waals surface area contributed by atoms with E-state index in [9.17, 15) is 9.18 Å². The summed E-state index contributed by atoms with van der Waals surface area (Å²) in [4.78, 5) is 13.8. The van der Waals surface area contributed by atoms with Crippen molar-refractivity contribution in [2.24, 2.45) is 5.92 Å². The zero-order chi connectivity index (χ0) is 14.1. The minimum Gasteiger partial charge on any atom is -0.478 e. The molecule has 2 aliphatic heterocycles. The van der Waals surface area contributed by atoms with Crippen molar-refractivity contribution in [3.63, 3.8) is 0 Å². The Kier molecular flexibility index (Phi) is 3.34. The average molecular weight is 277 g/mol. The van der Waals surface area contributed by atoms with E-state index < -0.39 is 11.9 Å². The van der Waals surface area contributed by atoms with E-state index in [1.54, 1.807) is 11.0 Å². The summed E-state index contributed by atoms with van der Waals surface area (Å²) in [6.07, 6.45) is 4.01. The molecule has 0 aliphatic carbocycles. The number of nitrogens with zero attached hydrogens (tertiary/aromatic N) is 1. The first-order chi connectivity index (χ1) is 9.66. The minimum atomic E-state index is -0.489. The van der Waals surface area contributed by atoms with Crippen LogP contribution in [0.5, 0.6) is 5.75 Å². The maximum atomic E-state index is 13.8. The Hall–Kier alpha value is -2.04. The van der Waals surface area contributed by atoms with Crippen LogP contribution in [0.25, 0.3) is 6.08 Å². The van der Waals surface area contributed by atoms with Crippen molar-refractivity contribution in [2.45, 2.75) is 26.0 Å². The van der Waals surface area contributed by atoms with Gasteiger partial charge in [0.25, 0.3) is 0 Å². The molecule has 1 aromatic carbocycles. The molecule has 2 atom stereocenters. The third-order valence-electron chi connectivity index (χ3n) is 3.75. The van der Waals surface area contributed by atoms with E-state index >= 15 is 0 Å². The van der Waals surface area contributed by atoms with Gasteiger partial charge in [-0.05, 0) is 31.1 Å². The Morgan fingerprint density at radius 3 is 3.10 bits per heavy atom. The molecule has 1 aromatic rings. The Balaban J connectivity index is 1.98. The zero-order valence-electron chi connectivity index (χ0n) is 11.2. The highest BCUT2D eigenvalue weighted by molar-refractivity contribution is 5.73. The lowest BCUT2D eigenvalue weighted by molar-refractivity contribution is -0.0509. The first kappa shape index (κ1) is 13.0. The van der Waals surface area contributed by atoms with Crippen LogP contribution in [0.15, 0.2) is 24.5 Å². The number of carbonyl (C=O) groups is 1. The Morgan fingerprint density at radius 2 is 2.25 bits per heavy atom. The summed E-state index contributed by atoms with van der Waals surface area (Å²) in [6, 6.07) is 4.42. The van der Waals surface area contributed by atoms with E-state index in [4.69, 9.17) is 9.47 Å². The van der Waals surface area contributed by atoms with E-state index in [1.807, 2.05) is 6.92 Å². The van der Waals surface area contributed by atoms with E-state index in [0.29, 0.717) is 6.54 Å². The Bertz CT molecular complexity index is 558. The number of halogens is 1. The summed E-state index contributed by atoms with van der Waals surface area (Å²) in [7, 11) is 0. The van der Waals surface area contributed by atoms with Crippen molar-refractivity contribution in [1.82, 2.24) is 4.90 Å². The third-order valence-corrected chi connectivity index (χ3v) is 3.75. The Morgan fingerprint density at radius 1 is 1.40 bits per heavy atom. The lowest BCUT2D eigenvalue weighted by Gasteiger charge is -2.37. The van der Waals surface area contributed by atoms with Crippen LogP contribution in [0.4, 0.5) is 9.18 Å². The van der Waals surface area contributed by atoms with Gasteiger partial charge in [-0.1, -0.05) is 13.0 Å². The second kappa shape index (κ2) is 5.15. The van der Waals surface area contributed by atoms with Crippen molar-refractivity contribution in [3.8, 4) is 5.75 Å². The standard InChI is InChI=1S/C15H16FNO3/c1-10-4-3-8-17-14(10)19-9-7-11-12(16)5-2-6-13(11)20-15(17)18/h2,5-7,9-10,14H,3-4,8H2,1H3/b9-7-. The Labute approximate surface area is 116 Å². The second-order valence-electron chi connectivity index (χ2n) is 5.16. The molecule has 1 saturated heterocycles. The van der Waals surface area contributed by atoms with Gasteiger partial charge in [0.15, 0.2) is 6.23 Å². The van der Waals surface area contributed by atoms with Gasteiger partial charge in [0, 0.05) is 12.5 Å². The van der Waals surface area contributed by atoms with Gasteiger partial charge in [0.05, 0.1) is 11.8 Å². The van der Waals surface area contributed by atoms with Gasteiger partial charge in [-0.25, -0.2) is 9.18 Å². The molecule has 0 N–H and O–H groups in total. The van der Waals surface area contributed by atoms with Crippen LogP contribution in [-0.4, -0.2) is 23.8 Å². The molecule has 2 aliphatic rings. The van der Waals surface area contributed by atoms with Gasteiger partial charge < -0.3 is 9.47 Å². The number of hydrogen-bond acceptors (Lipinski definition) is 3. The number of piperidine rings is 1. The highest BCUT2D eigenvalue weighted by Crippen LogP contribution is 2.30. The molecule has 1 fully saturated rings. The van der Waals surface area contributed by atoms with Gasteiger partial charge in [0.1, 0.15) is 11.6 Å². The molecule has 0 aromatic heterocycles. The summed E-state index contributed by atoms with van der Waals surface area (Å²) in [5, 5.41) is 0. The van der Waals surface area contributed by atoms with Gasteiger partial charge in [0.2, 0.25) is 0 Å². The number of hydrogen-bond donors (Lipinski definition) is 0. The maximum Gasteiger partial charge on any atom is 0.418 e. The topological polar surface area (TPSA) is 38.8 Å². The maximum absolute atomic E-state index is 13.8. The number of carbonyl (C=O) groups excluding carboxylic acids is 1. The van der Waals surface area contributed by atoms with Crippen LogP contribution < -0.4 is 4.74 Å². The fourth-order valence-electron chi connectivity index (χ4n) is 2.67. The largest absolute Gasteiger partial charge is 0.478 e. The van der Waals surface area contributed by atoms with Gasteiger partial charge in [-0.2, -0.15) is 0 Å². The smallest absolute Gasteiger partial charge is 0.418 e.